The molecule has 0 radical (unpaired) electrons. The number of ether oxygens (including phenoxy) is 1. The van der Waals surface area contributed by atoms with Gasteiger partial charge in [0.05, 0.1) is 37.3 Å². The Balaban J connectivity index is 1.97. The molecular formula is C23H28F6NO6P. The fourth-order valence-electron chi connectivity index (χ4n) is 3.40. The maximum atomic E-state index is 13.6. The molecule has 0 saturated heterocycles. The standard InChI is InChI=1S/C23H28F6NO6P/c24-22(25,26)13-18-5-3-16(4-6-18)2-1-11-35-20-8-7-17(12-19(20)23(27,28)29)9-10-21(30,14-31)15-36-37(32,33)34/h3-8,12,31H,1-2,9-11,13-15,30H2,(H2,32,33,34). The summed E-state index contributed by atoms with van der Waals surface area (Å²) in [6.45, 7) is -1.49. The first-order chi connectivity index (χ1) is 17.0. The molecule has 0 aliphatic carbocycles. The highest BCUT2D eigenvalue weighted by atomic mass is 31.2. The summed E-state index contributed by atoms with van der Waals surface area (Å²) in [5.74, 6) is -0.400. The number of alkyl halides is 6. The Hall–Kier alpha value is -2.15. The number of nitrogens with two attached hydrogens (primary N) is 1. The van der Waals surface area contributed by atoms with Crippen molar-refractivity contribution >= 4 is 7.82 Å². The Morgan fingerprint density at radius 2 is 1.49 bits per heavy atom. The lowest BCUT2D eigenvalue weighted by Crippen LogP contribution is -2.48. The normalized spacial score (nSPS) is 14.4. The molecule has 0 fully saturated rings. The highest BCUT2D eigenvalue weighted by Crippen LogP contribution is 2.38. The van der Waals surface area contributed by atoms with Crippen molar-refractivity contribution in [3.05, 3.63) is 64.7 Å². The summed E-state index contributed by atoms with van der Waals surface area (Å²) in [7, 11) is -4.85. The fourth-order valence-corrected chi connectivity index (χ4v) is 3.82. The van der Waals surface area contributed by atoms with Gasteiger partial charge in [0, 0.05) is 0 Å². The zero-order valence-corrected chi connectivity index (χ0v) is 20.5. The third-order valence-corrected chi connectivity index (χ3v) is 5.86. The minimum atomic E-state index is -4.85. The number of phosphoric acid groups is 1. The minimum absolute atomic E-state index is 0.0464. The molecule has 14 heteroatoms. The maximum Gasteiger partial charge on any atom is 0.469 e. The van der Waals surface area contributed by atoms with Crippen molar-refractivity contribution in [3.63, 3.8) is 0 Å². The Morgan fingerprint density at radius 3 is 2.03 bits per heavy atom. The SMILES string of the molecule is NC(CO)(CCc1ccc(OCCCc2ccc(CC(F)(F)F)cc2)c(C(F)(F)F)c1)COP(=O)(O)O. The van der Waals surface area contributed by atoms with Crippen LogP contribution in [0.4, 0.5) is 26.3 Å². The second-order valence-electron chi connectivity index (χ2n) is 8.67. The summed E-state index contributed by atoms with van der Waals surface area (Å²) in [5.41, 5.74) is 4.28. The number of hydrogen-bond donors (Lipinski definition) is 4. The van der Waals surface area contributed by atoms with Crippen molar-refractivity contribution in [2.45, 2.75) is 50.0 Å². The van der Waals surface area contributed by atoms with Crippen LogP contribution in [0.5, 0.6) is 5.75 Å². The number of benzene rings is 2. The molecule has 0 spiro atoms. The van der Waals surface area contributed by atoms with Crippen LogP contribution in [0.15, 0.2) is 42.5 Å². The number of aliphatic hydroxyl groups is 1. The van der Waals surface area contributed by atoms with Gasteiger partial charge in [-0.2, -0.15) is 26.3 Å². The van der Waals surface area contributed by atoms with Gasteiger partial charge in [0.15, 0.2) is 0 Å². The lowest BCUT2D eigenvalue weighted by atomic mass is 9.93. The van der Waals surface area contributed by atoms with E-state index in [0.717, 1.165) is 17.7 Å². The zero-order valence-electron chi connectivity index (χ0n) is 19.6. The molecule has 37 heavy (non-hydrogen) atoms. The Labute approximate surface area is 209 Å². The molecular weight excluding hydrogens is 531 g/mol. The van der Waals surface area contributed by atoms with Crippen LogP contribution >= 0.6 is 7.82 Å². The Bertz CT molecular complexity index is 1060. The van der Waals surface area contributed by atoms with Crippen LogP contribution in [0.25, 0.3) is 0 Å². The van der Waals surface area contributed by atoms with E-state index in [1.165, 1.54) is 30.3 Å². The molecule has 1 unspecified atom stereocenters. The van der Waals surface area contributed by atoms with E-state index in [9.17, 15) is 36.0 Å². The van der Waals surface area contributed by atoms with Crippen LogP contribution in [-0.4, -0.2) is 46.4 Å². The van der Waals surface area contributed by atoms with Crippen molar-refractivity contribution in [2.75, 3.05) is 19.8 Å². The van der Waals surface area contributed by atoms with Gasteiger partial charge in [-0.25, -0.2) is 4.57 Å². The molecule has 0 aromatic heterocycles. The van der Waals surface area contributed by atoms with Gasteiger partial charge in [-0.3, -0.25) is 4.52 Å². The van der Waals surface area contributed by atoms with E-state index in [0.29, 0.717) is 12.8 Å². The van der Waals surface area contributed by atoms with Crippen molar-refractivity contribution in [2.24, 2.45) is 5.73 Å². The summed E-state index contributed by atoms with van der Waals surface area (Å²) >= 11 is 0. The molecule has 0 heterocycles. The van der Waals surface area contributed by atoms with Gasteiger partial charge in [0.2, 0.25) is 0 Å². The van der Waals surface area contributed by atoms with Crippen LogP contribution in [0, 0.1) is 0 Å². The first kappa shape index (κ1) is 31.1. The fraction of sp³-hybridized carbons (Fsp3) is 0.478. The van der Waals surface area contributed by atoms with Crippen molar-refractivity contribution in [1.82, 2.24) is 0 Å². The second kappa shape index (κ2) is 12.6. The number of hydrogen-bond acceptors (Lipinski definition) is 5. The summed E-state index contributed by atoms with van der Waals surface area (Å²) in [6, 6.07) is 9.18. The molecule has 208 valence electrons. The predicted molar refractivity (Wildman–Crippen MR) is 122 cm³/mol. The third kappa shape index (κ3) is 11.4. The number of rotatable bonds is 13. The summed E-state index contributed by atoms with van der Waals surface area (Å²) in [6.07, 6.45) is -9.54. The topological polar surface area (TPSA) is 122 Å². The molecule has 2 aromatic carbocycles. The third-order valence-electron chi connectivity index (χ3n) is 5.39. The van der Waals surface area contributed by atoms with E-state index >= 15 is 0 Å². The van der Waals surface area contributed by atoms with Crippen molar-refractivity contribution in [1.29, 1.82) is 0 Å². The van der Waals surface area contributed by atoms with Gasteiger partial charge < -0.3 is 25.4 Å². The van der Waals surface area contributed by atoms with E-state index < -0.39 is 56.7 Å². The highest BCUT2D eigenvalue weighted by Gasteiger charge is 2.35. The van der Waals surface area contributed by atoms with E-state index in [4.69, 9.17) is 20.3 Å². The highest BCUT2D eigenvalue weighted by molar-refractivity contribution is 7.46. The number of halogens is 6. The number of aryl methyl sites for hydroxylation is 2. The predicted octanol–water partition coefficient (Wildman–Crippen LogP) is 4.55. The quantitative estimate of drug-likeness (QED) is 0.161. The monoisotopic (exact) mass is 559 g/mol. The number of phosphoric ester groups is 1. The minimum Gasteiger partial charge on any atom is -0.493 e. The van der Waals surface area contributed by atoms with Crippen LogP contribution in [0.1, 0.15) is 35.1 Å². The van der Waals surface area contributed by atoms with Crippen LogP contribution < -0.4 is 10.5 Å². The van der Waals surface area contributed by atoms with Gasteiger partial charge in [-0.1, -0.05) is 30.3 Å². The maximum absolute atomic E-state index is 13.6. The molecule has 2 rings (SSSR count). The summed E-state index contributed by atoms with van der Waals surface area (Å²) in [5, 5.41) is 9.45. The second-order valence-corrected chi connectivity index (χ2v) is 9.91. The lowest BCUT2D eigenvalue weighted by Gasteiger charge is -2.27. The first-order valence-corrected chi connectivity index (χ1v) is 12.6. The zero-order chi connectivity index (χ0) is 27.9. The lowest BCUT2D eigenvalue weighted by molar-refractivity contribution is -0.139. The molecule has 2 aromatic rings. The van der Waals surface area contributed by atoms with Gasteiger partial charge in [-0.05, 0) is 54.5 Å². The van der Waals surface area contributed by atoms with Crippen LogP contribution in [0.2, 0.25) is 0 Å². The van der Waals surface area contributed by atoms with Crippen LogP contribution in [0.3, 0.4) is 0 Å². The molecule has 0 aliphatic heterocycles. The van der Waals surface area contributed by atoms with E-state index in [1.807, 2.05) is 0 Å². The number of aliphatic hydroxyl groups excluding tert-OH is 1. The first-order valence-electron chi connectivity index (χ1n) is 11.1. The molecule has 7 nitrogen and oxygen atoms in total. The van der Waals surface area contributed by atoms with Gasteiger partial charge in [0.1, 0.15) is 5.75 Å². The average Bonchev–Trinajstić information content (AvgIpc) is 2.78. The molecule has 0 amide bonds. The Kier molecular flexibility index (Phi) is 10.6. The van der Waals surface area contributed by atoms with E-state index in [-0.39, 0.29) is 30.6 Å². The van der Waals surface area contributed by atoms with Gasteiger partial charge >= 0.3 is 20.2 Å². The van der Waals surface area contributed by atoms with Crippen LogP contribution in [-0.2, 0) is 34.5 Å². The molecule has 0 saturated carbocycles. The van der Waals surface area contributed by atoms with E-state index in [2.05, 4.69) is 4.52 Å². The van der Waals surface area contributed by atoms with Crippen molar-refractivity contribution < 1.29 is 55.1 Å². The molecule has 0 aliphatic rings. The average molecular weight is 559 g/mol. The van der Waals surface area contributed by atoms with E-state index in [1.54, 1.807) is 0 Å². The Morgan fingerprint density at radius 1 is 0.892 bits per heavy atom. The summed E-state index contributed by atoms with van der Waals surface area (Å²) in [4.78, 5) is 17.6. The molecule has 5 N–H and O–H groups in total. The van der Waals surface area contributed by atoms with Gasteiger partial charge in [0.25, 0.3) is 0 Å². The summed E-state index contributed by atoms with van der Waals surface area (Å²) < 4.78 is 98.7. The smallest absolute Gasteiger partial charge is 0.469 e. The molecule has 1 atom stereocenters. The largest absolute Gasteiger partial charge is 0.493 e. The van der Waals surface area contributed by atoms with Crippen molar-refractivity contribution in [3.8, 4) is 5.75 Å². The van der Waals surface area contributed by atoms with Gasteiger partial charge in [-0.15, -0.1) is 0 Å². The molecule has 0 bridgehead atoms.